The maximum absolute atomic E-state index is 13.1. The minimum Gasteiger partial charge on any atom is -0.369 e. The van der Waals surface area contributed by atoms with Gasteiger partial charge in [0.05, 0.1) is 23.7 Å². The molecule has 2 aromatic rings. The number of imide groups is 1. The Morgan fingerprint density at radius 1 is 0.935 bits per heavy atom. The molecule has 1 atom stereocenters. The molecule has 2 saturated heterocycles. The molecule has 31 heavy (non-hydrogen) atoms. The Bertz CT molecular complexity index is 1010. The topological polar surface area (TPSA) is 43.9 Å². The summed E-state index contributed by atoms with van der Waals surface area (Å²) in [5.41, 5.74) is 2.39. The lowest BCUT2D eigenvalue weighted by atomic mass is 10.1. The van der Waals surface area contributed by atoms with Crippen molar-refractivity contribution < 1.29 is 22.8 Å². The number of piperazine rings is 1. The molecule has 2 aliphatic rings. The molecule has 8 heteroatoms. The Morgan fingerprint density at radius 3 is 2.29 bits per heavy atom. The van der Waals surface area contributed by atoms with Crippen molar-refractivity contribution in [2.24, 2.45) is 0 Å². The first-order valence-corrected chi connectivity index (χ1v) is 10.3. The summed E-state index contributed by atoms with van der Waals surface area (Å²) in [7, 11) is 0. The smallest absolute Gasteiger partial charge is 0.369 e. The second-order valence-corrected chi connectivity index (χ2v) is 8.15. The number of halogens is 3. The maximum Gasteiger partial charge on any atom is 0.416 e. The molecule has 0 bridgehead atoms. The first-order chi connectivity index (χ1) is 14.6. The van der Waals surface area contributed by atoms with Crippen LogP contribution in [0.1, 0.15) is 23.1 Å². The van der Waals surface area contributed by atoms with Gasteiger partial charge in [-0.3, -0.25) is 14.5 Å². The Balaban J connectivity index is 1.45. The molecular weight excluding hydrogens is 407 g/mol. The summed E-state index contributed by atoms with van der Waals surface area (Å²) >= 11 is 0. The van der Waals surface area contributed by atoms with Gasteiger partial charge >= 0.3 is 6.18 Å². The van der Waals surface area contributed by atoms with Crippen LogP contribution in [0.15, 0.2) is 42.5 Å². The van der Waals surface area contributed by atoms with Crippen LogP contribution in [0, 0.1) is 13.8 Å². The van der Waals surface area contributed by atoms with Gasteiger partial charge in [0.25, 0.3) is 5.91 Å². The van der Waals surface area contributed by atoms with Crippen LogP contribution in [-0.4, -0.2) is 48.9 Å². The minimum absolute atomic E-state index is 0.121. The number of carbonyl (C=O) groups is 2. The molecule has 0 saturated carbocycles. The number of anilines is 2. The molecule has 0 spiro atoms. The van der Waals surface area contributed by atoms with Crippen LogP contribution in [0.5, 0.6) is 0 Å². The first-order valence-electron chi connectivity index (χ1n) is 10.3. The van der Waals surface area contributed by atoms with Crippen molar-refractivity contribution in [3.8, 4) is 0 Å². The summed E-state index contributed by atoms with van der Waals surface area (Å²) in [6, 6.07) is 10.4. The maximum atomic E-state index is 13.1. The van der Waals surface area contributed by atoms with Gasteiger partial charge in [0.2, 0.25) is 5.91 Å². The number of amides is 2. The molecule has 0 aromatic heterocycles. The van der Waals surface area contributed by atoms with E-state index < -0.39 is 17.8 Å². The fourth-order valence-electron chi connectivity index (χ4n) is 4.38. The zero-order chi connectivity index (χ0) is 22.3. The lowest BCUT2D eigenvalue weighted by molar-refractivity contribution is -0.137. The molecular formula is C23H24F3N3O2. The van der Waals surface area contributed by atoms with Crippen LogP contribution < -0.4 is 9.80 Å². The number of alkyl halides is 3. The highest BCUT2D eigenvalue weighted by molar-refractivity contribution is 6.22. The zero-order valence-electron chi connectivity index (χ0n) is 17.4. The summed E-state index contributed by atoms with van der Waals surface area (Å²) in [6.45, 7) is 5.81. The Kier molecular flexibility index (Phi) is 5.51. The largest absolute Gasteiger partial charge is 0.416 e. The molecule has 2 heterocycles. The Hall–Kier alpha value is -2.87. The van der Waals surface area contributed by atoms with E-state index in [1.807, 2.05) is 35.8 Å². The minimum atomic E-state index is -4.38. The second-order valence-electron chi connectivity index (χ2n) is 8.15. The van der Waals surface area contributed by atoms with E-state index in [0.29, 0.717) is 37.6 Å². The predicted octanol–water partition coefficient (Wildman–Crippen LogP) is 3.78. The van der Waals surface area contributed by atoms with Gasteiger partial charge in [-0.05, 0) is 43.7 Å². The third kappa shape index (κ3) is 4.17. The summed E-state index contributed by atoms with van der Waals surface area (Å²) in [5, 5.41) is 0. The van der Waals surface area contributed by atoms with Gasteiger partial charge in [-0.1, -0.05) is 23.8 Å². The summed E-state index contributed by atoms with van der Waals surface area (Å²) in [5.74, 6) is -0.452. The van der Waals surface area contributed by atoms with Crippen molar-refractivity contribution in [2.75, 3.05) is 36.0 Å². The number of carbonyl (C=O) groups excluding carboxylic acids is 2. The van der Waals surface area contributed by atoms with E-state index in [9.17, 15) is 22.8 Å². The molecule has 0 unspecified atom stereocenters. The molecule has 0 radical (unpaired) electrons. The van der Waals surface area contributed by atoms with Gasteiger partial charge in [-0.25, -0.2) is 4.90 Å². The van der Waals surface area contributed by atoms with Crippen LogP contribution in [0.2, 0.25) is 0 Å². The van der Waals surface area contributed by atoms with Gasteiger partial charge in [-0.2, -0.15) is 13.2 Å². The van der Waals surface area contributed by atoms with Crippen LogP contribution in [0.3, 0.4) is 0 Å². The molecule has 5 nitrogen and oxygen atoms in total. The number of benzene rings is 2. The molecule has 0 N–H and O–H groups in total. The van der Waals surface area contributed by atoms with Crippen molar-refractivity contribution in [3.63, 3.8) is 0 Å². The van der Waals surface area contributed by atoms with Crippen LogP contribution >= 0.6 is 0 Å². The fraction of sp³-hybridized carbons (Fsp3) is 0.391. The van der Waals surface area contributed by atoms with Crippen LogP contribution in [-0.2, 0) is 15.8 Å². The van der Waals surface area contributed by atoms with E-state index in [4.69, 9.17) is 0 Å². The van der Waals surface area contributed by atoms with Crippen LogP contribution in [0.4, 0.5) is 24.5 Å². The lowest BCUT2D eigenvalue weighted by Gasteiger charge is -2.38. The lowest BCUT2D eigenvalue weighted by Crippen LogP contribution is -2.52. The predicted molar refractivity (Wildman–Crippen MR) is 112 cm³/mol. The quantitative estimate of drug-likeness (QED) is 0.694. The van der Waals surface area contributed by atoms with Gasteiger partial charge in [0.1, 0.15) is 0 Å². The van der Waals surface area contributed by atoms with Gasteiger partial charge < -0.3 is 4.90 Å². The monoisotopic (exact) mass is 431 g/mol. The number of nitrogens with zero attached hydrogens (tertiary/aromatic N) is 3. The van der Waals surface area contributed by atoms with Crippen molar-refractivity contribution in [3.05, 3.63) is 59.2 Å². The Morgan fingerprint density at radius 2 is 1.65 bits per heavy atom. The summed E-state index contributed by atoms with van der Waals surface area (Å²) in [6.07, 6.45) is -4.26. The molecule has 164 valence electrons. The van der Waals surface area contributed by atoms with E-state index >= 15 is 0 Å². The van der Waals surface area contributed by atoms with Gasteiger partial charge in [0, 0.05) is 31.9 Å². The summed E-state index contributed by atoms with van der Waals surface area (Å²) in [4.78, 5) is 30.9. The number of hydrogen-bond acceptors (Lipinski definition) is 4. The number of aryl methyl sites for hydroxylation is 2. The van der Waals surface area contributed by atoms with E-state index in [-0.39, 0.29) is 18.2 Å². The standard InChI is InChI=1S/C23H24F3N3O2/c1-15-6-7-19(16(2)12-15)29-21(30)14-20(22(29)31)28-10-8-27(9-11-28)18-5-3-4-17(13-18)23(24,25)26/h3-7,12-13,20H,8-11,14H2,1-2H3/t20-/m0/s1. The zero-order valence-corrected chi connectivity index (χ0v) is 17.4. The van der Waals surface area contributed by atoms with Gasteiger partial charge in [-0.15, -0.1) is 0 Å². The van der Waals surface area contributed by atoms with Crippen LogP contribution in [0.25, 0.3) is 0 Å². The van der Waals surface area contributed by atoms with E-state index in [1.165, 1.54) is 11.0 Å². The molecule has 2 fully saturated rings. The SMILES string of the molecule is Cc1ccc(N2C(=O)C[C@H](N3CCN(c4cccc(C(F)(F)F)c4)CC3)C2=O)c(C)c1. The molecule has 2 aromatic carbocycles. The van der Waals surface area contributed by atoms with Crippen molar-refractivity contribution in [1.82, 2.24) is 4.90 Å². The van der Waals surface area contributed by atoms with E-state index in [0.717, 1.165) is 23.3 Å². The molecule has 0 aliphatic carbocycles. The number of hydrogen-bond donors (Lipinski definition) is 0. The molecule has 2 aliphatic heterocycles. The van der Waals surface area contributed by atoms with Crippen molar-refractivity contribution in [2.45, 2.75) is 32.5 Å². The summed E-state index contributed by atoms with van der Waals surface area (Å²) < 4.78 is 39.0. The normalized spacial score (nSPS) is 20.6. The average molecular weight is 431 g/mol. The van der Waals surface area contributed by atoms with E-state index in [1.54, 1.807) is 12.1 Å². The highest BCUT2D eigenvalue weighted by atomic mass is 19.4. The fourth-order valence-corrected chi connectivity index (χ4v) is 4.38. The average Bonchev–Trinajstić information content (AvgIpc) is 3.02. The van der Waals surface area contributed by atoms with Crippen molar-refractivity contribution >= 4 is 23.2 Å². The van der Waals surface area contributed by atoms with Crippen molar-refractivity contribution in [1.29, 1.82) is 0 Å². The highest BCUT2D eigenvalue weighted by Crippen LogP contribution is 2.33. The van der Waals surface area contributed by atoms with Gasteiger partial charge in [0.15, 0.2) is 0 Å². The first kappa shape index (κ1) is 21.4. The molecule has 2 amide bonds. The number of rotatable bonds is 3. The second kappa shape index (κ2) is 8.00. The molecule has 4 rings (SSSR count). The third-order valence-corrected chi connectivity index (χ3v) is 6.01. The van der Waals surface area contributed by atoms with E-state index in [2.05, 4.69) is 0 Å². The highest BCUT2D eigenvalue weighted by Gasteiger charge is 2.43. The third-order valence-electron chi connectivity index (χ3n) is 6.01. The Labute approximate surface area is 179 Å².